The summed E-state index contributed by atoms with van der Waals surface area (Å²) in [6.07, 6.45) is -2.89. The Morgan fingerprint density at radius 1 is 0.768 bits per heavy atom. The van der Waals surface area contributed by atoms with Crippen molar-refractivity contribution in [3.8, 4) is 0 Å². The second kappa shape index (κ2) is 14.8. The summed E-state index contributed by atoms with van der Waals surface area (Å²) in [4.78, 5) is 0. The third-order valence-electron chi connectivity index (χ3n) is 17.6. The van der Waals surface area contributed by atoms with E-state index in [2.05, 4.69) is 46.8 Å². The molecular weight excluding hydrogens is 724 g/mol. The van der Waals surface area contributed by atoms with Crippen LogP contribution < -0.4 is 0 Å². The van der Waals surface area contributed by atoms with E-state index < -0.39 is 90.7 Å². The molecule has 7 aliphatic rings. The van der Waals surface area contributed by atoms with Gasteiger partial charge in [-0.05, 0) is 97.4 Å². The van der Waals surface area contributed by atoms with E-state index in [9.17, 15) is 51.1 Å². The highest BCUT2D eigenvalue weighted by atomic mass is 16.7. The number of allylic oxidation sites excluding steroid dienone is 3. The number of fused-ring (bicyclic) bond motifs is 6. The van der Waals surface area contributed by atoms with Gasteiger partial charge in [0.15, 0.2) is 6.29 Å². The minimum absolute atomic E-state index is 0.0431. The number of hydrogen-bond donors (Lipinski definition) is 10. The fourth-order valence-corrected chi connectivity index (χ4v) is 13.6. The molecule has 5 fully saturated rings. The van der Waals surface area contributed by atoms with Crippen molar-refractivity contribution in [3.05, 3.63) is 23.3 Å². The van der Waals surface area contributed by atoms with Crippen LogP contribution in [0.5, 0.6) is 0 Å². The molecule has 13 nitrogen and oxygen atoms in total. The molecule has 1 saturated heterocycles. The molecule has 1 heterocycles. The molecule has 7 rings (SSSR count). The van der Waals surface area contributed by atoms with E-state index in [1.54, 1.807) is 0 Å². The lowest BCUT2D eigenvalue weighted by Gasteiger charge is -2.70. The van der Waals surface area contributed by atoms with Crippen LogP contribution in [-0.2, 0) is 14.2 Å². The number of aliphatic hydroxyl groups is 10. The van der Waals surface area contributed by atoms with Gasteiger partial charge in [0.05, 0.1) is 44.2 Å². The molecular formula is C43H70O13. The summed E-state index contributed by atoms with van der Waals surface area (Å²) >= 11 is 0. The van der Waals surface area contributed by atoms with Gasteiger partial charge < -0.3 is 65.3 Å². The van der Waals surface area contributed by atoms with Crippen LogP contribution in [0, 0.1) is 50.2 Å². The quantitative estimate of drug-likeness (QED) is 0.167. The van der Waals surface area contributed by atoms with Gasteiger partial charge in [-0.15, -0.1) is 0 Å². The average molecular weight is 795 g/mol. The van der Waals surface area contributed by atoms with Crippen molar-refractivity contribution in [3.63, 3.8) is 0 Å². The summed E-state index contributed by atoms with van der Waals surface area (Å²) < 4.78 is 18.3. The van der Waals surface area contributed by atoms with Crippen LogP contribution in [0.4, 0.5) is 0 Å². The average Bonchev–Trinajstić information content (AvgIpc) is 3.17. The van der Waals surface area contributed by atoms with Gasteiger partial charge >= 0.3 is 0 Å². The van der Waals surface area contributed by atoms with Crippen molar-refractivity contribution < 1.29 is 65.3 Å². The maximum Gasteiger partial charge on any atom is 0.187 e. The lowest BCUT2D eigenvalue weighted by Crippen LogP contribution is -2.66. The third-order valence-corrected chi connectivity index (χ3v) is 17.6. The molecule has 56 heavy (non-hydrogen) atoms. The van der Waals surface area contributed by atoms with Crippen LogP contribution in [0.1, 0.15) is 99.3 Å². The molecule has 0 aromatic heterocycles. The van der Waals surface area contributed by atoms with E-state index in [0.29, 0.717) is 32.1 Å². The van der Waals surface area contributed by atoms with Crippen molar-refractivity contribution in [2.45, 2.75) is 167 Å². The van der Waals surface area contributed by atoms with E-state index in [-0.39, 0.29) is 53.3 Å². The maximum absolute atomic E-state index is 12.0. The number of ether oxygens (including phenoxy) is 3. The molecule has 0 radical (unpaired) electrons. The van der Waals surface area contributed by atoms with Crippen LogP contribution in [0.15, 0.2) is 23.3 Å². The predicted octanol–water partition coefficient (Wildman–Crippen LogP) is 1.32. The highest BCUT2D eigenvalue weighted by Gasteiger charge is 2.69. The summed E-state index contributed by atoms with van der Waals surface area (Å²) in [7, 11) is 0. The minimum Gasteiger partial charge on any atom is -0.396 e. The van der Waals surface area contributed by atoms with E-state index in [0.717, 1.165) is 31.3 Å². The maximum atomic E-state index is 12.0. The lowest BCUT2D eigenvalue weighted by atomic mass is 9.35. The van der Waals surface area contributed by atoms with Crippen molar-refractivity contribution in [1.29, 1.82) is 0 Å². The molecule has 0 bridgehead atoms. The Labute approximate surface area is 331 Å². The highest BCUT2D eigenvalue weighted by Crippen LogP contribution is 2.74. The monoisotopic (exact) mass is 794 g/mol. The molecule has 1 aliphatic heterocycles. The zero-order chi connectivity index (χ0) is 41.0. The van der Waals surface area contributed by atoms with Gasteiger partial charge in [0, 0.05) is 22.9 Å². The first-order valence-corrected chi connectivity index (χ1v) is 21.1. The Morgan fingerprint density at radius 2 is 1.48 bits per heavy atom. The van der Waals surface area contributed by atoms with Crippen LogP contribution in [0.25, 0.3) is 0 Å². The van der Waals surface area contributed by atoms with Crippen LogP contribution in [0.3, 0.4) is 0 Å². The van der Waals surface area contributed by atoms with Gasteiger partial charge in [0.25, 0.3) is 0 Å². The number of rotatable bonds is 8. The summed E-state index contributed by atoms with van der Waals surface area (Å²) in [5, 5.41) is 108. The SMILES string of the molecule is C[C@H]1C[C@@H](O[C@H]2CC[C@]3(C)[C@@H](CC[C@@]4(C)[C@@H]3C=CC3=C5C[C@](C)(CO)CC[C@@]5(CO)[C@H](O)C[C@@]34C)[C@]2(C)CO)[C@H](O)[C@@H](O[C@H]2O[C@@H](CO)[C@H](O)[C@@H](O)[C@@H]2O)[C@@H]1O. The number of hydrogen-bond acceptors (Lipinski definition) is 13. The van der Waals surface area contributed by atoms with Crippen LogP contribution in [-0.4, -0.2) is 145 Å². The van der Waals surface area contributed by atoms with Crippen molar-refractivity contribution >= 4 is 0 Å². The van der Waals surface area contributed by atoms with E-state index in [1.165, 1.54) is 5.57 Å². The fourth-order valence-electron chi connectivity index (χ4n) is 13.6. The van der Waals surface area contributed by atoms with Crippen molar-refractivity contribution in [2.75, 3.05) is 26.4 Å². The highest BCUT2D eigenvalue weighted by molar-refractivity contribution is 5.47. The Morgan fingerprint density at radius 3 is 2.12 bits per heavy atom. The molecule has 0 unspecified atom stereocenters. The molecule has 0 amide bonds. The first kappa shape index (κ1) is 43.1. The Kier molecular flexibility index (Phi) is 11.4. The molecule has 4 saturated carbocycles. The van der Waals surface area contributed by atoms with Gasteiger partial charge in [-0.2, -0.15) is 0 Å². The Balaban J connectivity index is 1.15. The fraction of sp³-hybridized carbons (Fsp3) is 0.907. The van der Waals surface area contributed by atoms with Gasteiger partial charge in [-0.1, -0.05) is 59.3 Å². The zero-order valence-electron chi connectivity index (χ0n) is 34.1. The van der Waals surface area contributed by atoms with E-state index in [1.807, 2.05) is 6.92 Å². The Hall–Kier alpha value is -1.04. The zero-order valence-corrected chi connectivity index (χ0v) is 34.1. The second-order valence-corrected chi connectivity index (χ2v) is 20.6. The Bertz CT molecular complexity index is 1520. The third kappa shape index (κ3) is 6.11. The lowest BCUT2D eigenvalue weighted by molar-refractivity contribution is -0.335. The summed E-state index contributed by atoms with van der Waals surface area (Å²) in [5.41, 5.74) is -0.280. The first-order valence-electron chi connectivity index (χ1n) is 21.1. The van der Waals surface area contributed by atoms with Crippen molar-refractivity contribution in [1.82, 2.24) is 0 Å². The summed E-state index contributed by atoms with van der Waals surface area (Å²) in [6.45, 7) is 12.1. The van der Waals surface area contributed by atoms with Crippen LogP contribution >= 0.6 is 0 Å². The van der Waals surface area contributed by atoms with Gasteiger partial charge in [-0.25, -0.2) is 0 Å². The van der Waals surface area contributed by atoms with E-state index >= 15 is 0 Å². The topological polar surface area (TPSA) is 230 Å². The van der Waals surface area contributed by atoms with Gasteiger partial charge in [-0.3, -0.25) is 0 Å². The number of aliphatic hydroxyl groups excluding tert-OH is 10. The van der Waals surface area contributed by atoms with Gasteiger partial charge in [0.2, 0.25) is 0 Å². The molecule has 10 N–H and O–H groups in total. The summed E-state index contributed by atoms with van der Waals surface area (Å²) in [6, 6.07) is 0. The molecule has 0 spiro atoms. The summed E-state index contributed by atoms with van der Waals surface area (Å²) in [5.74, 6) is -0.237. The predicted molar refractivity (Wildman–Crippen MR) is 203 cm³/mol. The standard InChI is InChI=1S/C43H70O13/c1-22-15-25(33(51)36(31(22)49)56-37-35(53)34(52)32(50)26(18-44)55-37)54-30-10-11-39(3)27(40(30,4)20-46)9-12-41(5)28(39)8-7-23-24-16-38(2,19-45)13-14-43(24,21-47)29(48)17-42(23,41)6/h7-8,22,25-37,44-53H,9-21H2,1-6H3/t22-,25+,26-,27+,28+,29+,30-,31+,32-,33-,34+,35-,36-,37+,38+,39+,40-,41-,42-,43-/m0/s1. The molecule has 0 aromatic carbocycles. The normalized spacial score (nSPS) is 55.9. The van der Waals surface area contributed by atoms with Crippen LogP contribution in [0.2, 0.25) is 0 Å². The largest absolute Gasteiger partial charge is 0.396 e. The molecule has 20 atom stereocenters. The molecule has 0 aromatic rings. The molecule has 13 heteroatoms. The molecule has 320 valence electrons. The second-order valence-electron chi connectivity index (χ2n) is 20.6. The van der Waals surface area contributed by atoms with Gasteiger partial charge in [0.1, 0.15) is 36.6 Å². The first-order chi connectivity index (χ1) is 26.2. The smallest absolute Gasteiger partial charge is 0.187 e. The van der Waals surface area contributed by atoms with E-state index in [4.69, 9.17) is 14.2 Å². The van der Waals surface area contributed by atoms with Crippen molar-refractivity contribution in [2.24, 2.45) is 50.2 Å². The minimum atomic E-state index is -1.70. The molecule has 6 aliphatic carbocycles.